The Labute approximate surface area is 102 Å². The van der Waals surface area contributed by atoms with E-state index >= 15 is 0 Å². The van der Waals surface area contributed by atoms with Crippen LogP contribution in [0.1, 0.15) is 19.4 Å². The number of nitrogens with one attached hydrogen (secondary N) is 1. The third-order valence-electron chi connectivity index (χ3n) is 2.65. The molecule has 1 rings (SSSR count). The number of carboxylic acids is 1. The van der Waals surface area contributed by atoms with Crippen molar-refractivity contribution in [1.82, 2.24) is 5.32 Å². The maximum Gasteiger partial charge on any atom is 0.308 e. The van der Waals surface area contributed by atoms with Gasteiger partial charge in [0.1, 0.15) is 0 Å². The first-order valence-electron chi connectivity index (χ1n) is 5.79. The number of aliphatic carboxylic acids is 1. The largest absolute Gasteiger partial charge is 0.481 e. The molecular formula is C14H19NO2. The highest BCUT2D eigenvalue weighted by atomic mass is 16.4. The van der Waals surface area contributed by atoms with Crippen LogP contribution in [0.3, 0.4) is 0 Å². The van der Waals surface area contributed by atoms with Crippen LogP contribution >= 0.6 is 0 Å². The number of benzene rings is 1. The maximum atomic E-state index is 10.9. The maximum absolute atomic E-state index is 10.9. The summed E-state index contributed by atoms with van der Waals surface area (Å²) in [7, 11) is 0. The molecular weight excluding hydrogens is 214 g/mol. The molecule has 1 aromatic rings. The van der Waals surface area contributed by atoms with E-state index in [0.717, 1.165) is 5.56 Å². The van der Waals surface area contributed by atoms with Gasteiger partial charge in [-0.2, -0.15) is 0 Å². The van der Waals surface area contributed by atoms with Gasteiger partial charge in [0.05, 0.1) is 5.92 Å². The quantitative estimate of drug-likeness (QED) is 0.794. The van der Waals surface area contributed by atoms with Crippen LogP contribution in [0.4, 0.5) is 0 Å². The van der Waals surface area contributed by atoms with Gasteiger partial charge in [-0.05, 0) is 23.8 Å². The summed E-state index contributed by atoms with van der Waals surface area (Å²) in [4.78, 5) is 10.9. The topological polar surface area (TPSA) is 49.3 Å². The second-order valence-corrected chi connectivity index (χ2v) is 4.34. The summed E-state index contributed by atoms with van der Waals surface area (Å²) in [6, 6.07) is 9.89. The fourth-order valence-corrected chi connectivity index (χ4v) is 1.52. The number of hydrogen-bond donors (Lipinski definition) is 2. The first kappa shape index (κ1) is 13.3. The number of carboxylic acid groups (broad SMARTS) is 1. The van der Waals surface area contributed by atoms with Crippen molar-refractivity contribution in [3.8, 4) is 0 Å². The van der Waals surface area contributed by atoms with Crippen molar-refractivity contribution in [2.45, 2.75) is 13.8 Å². The molecule has 2 N–H and O–H groups in total. The zero-order valence-corrected chi connectivity index (χ0v) is 10.3. The summed E-state index contributed by atoms with van der Waals surface area (Å²) in [5.41, 5.74) is 1.09. The minimum absolute atomic E-state index is 0.130. The molecule has 0 saturated heterocycles. The summed E-state index contributed by atoms with van der Waals surface area (Å²) in [6.07, 6.45) is 3.73. The van der Waals surface area contributed by atoms with E-state index in [1.54, 1.807) is 6.20 Å². The predicted octanol–water partition coefficient (Wildman–Crippen LogP) is 2.60. The predicted molar refractivity (Wildman–Crippen MR) is 69.4 cm³/mol. The third-order valence-corrected chi connectivity index (χ3v) is 2.65. The molecule has 0 fully saturated rings. The molecule has 1 aromatic carbocycles. The van der Waals surface area contributed by atoms with Crippen LogP contribution in [0.25, 0.3) is 6.08 Å². The molecule has 0 heterocycles. The van der Waals surface area contributed by atoms with Crippen LogP contribution in [0.15, 0.2) is 36.5 Å². The van der Waals surface area contributed by atoms with Gasteiger partial charge in [-0.15, -0.1) is 0 Å². The Bertz CT molecular complexity index is 371. The van der Waals surface area contributed by atoms with Crippen LogP contribution in [0.2, 0.25) is 0 Å². The molecule has 0 aliphatic rings. The van der Waals surface area contributed by atoms with Crippen LogP contribution in [-0.4, -0.2) is 17.6 Å². The lowest BCUT2D eigenvalue weighted by Crippen LogP contribution is -2.29. The monoisotopic (exact) mass is 233 g/mol. The van der Waals surface area contributed by atoms with Crippen molar-refractivity contribution < 1.29 is 9.90 Å². The van der Waals surface area contributed by atoms with Gasteiger partial charge in [0.25, 0.3) is 0 Å². The molecule has 0 saturated carbocycles. The molecule has 0 spiro atoms. The molecule has 0 radical (unpaired) electrons. The molecule has 17 heavy (non-hydrogen) atoms. The molecule has 3 nitrogen and oxygen atoms in total. The first-order valence-corrected chi connectivity index (χ1v) is 5.79. The molecule has 0 aromatic heterocycles. The standard InChI is InChI=1S/C14H19NO2/c1-11(2)13(14(16)17)10-15-9-8-12-6-4-3-5-7-12/h3-9,11,13,15H,10H2,1-2H3,(H,16,17)/b9-8+. The van der Waals surface area contributed by atoms with Gasteiger partial charge in [-0.1, -0.05) is 44.2 Å². The van der Waals surface area contributed by atoms with Crippen molar-refractivity contribution in [2.24, 2.45) is 11.8 Å². The average molecular weight is 233 g/mol. The fourth-order valence-electron chi connectivity index (χ4n) is 1.52. The first-order chi connectivity index (χ1) is 8.11. The Morgan fingerprint density at radius 2 is 2.00 bits per heavy atom. The fraction of sp³-hybridized carbons (Fsp3) is 0.357. The normalized spacial score (nSPS) is 12.9. The Balaban J connectivity index is 2.41. The second-order valence-electron chi connectivity index (χ2n) is 4.34. The Morgan fingerprint density at radius 3 is 2.53 bits per heavy atom. The summed E-state index contributed by atoms with van der Waals surface area (Å²) >= 11 is 0. The zero-order valence-electron chi connectivity index (χ0n) is 10.3. The van der Waals surface area contributed by atoms with Crippen molar-refractivity contribution in [3.63, 3.8) is 0 Å². The van der Waals surface area contributed by atoms with Crippen LogP contribution < -0.4 is 5.32 Å². The number of carbonyl (C=O) groups is 1. The van der Waals surface area contributed by atoms with Crippen LogP contribution in [0, 0.1) is 11.8 Å². The summed E-state index contributed by atoms with van der Waals surface area (Å²) < 4.78 is 0. The highest BCUT2D eigenvalue weighted by molar-refractivity contribution is 5.70. The van der Waals surface area contributed by atoms with Crippen molar-refractivity contribution in [1.29, 1.82) is 0 Å². The van der Waals surface area contributed by atoms with Gasteiger partial charge in [-0.3, -0.25) is 4.79 Å². The minimum atomic E-state index is -0.749. The van der Waals surface area contributed by atoms with E-state index in [0.29, 0.717) is 6.54 Å². The molecule has 1 atom stereocenters. The highest BCUT2D eigenvalue weighted by Gasteiger charge is 2.20. The van der Waals surface area contributed by atoms with E-state index < -0.39 is 5.97 Å². The SMILES string of the molecule is CC(C)C(CN/C=C/c1ccccc1)C(=O)O. The lowest BCUT2D eigenvalue weighted by Gasteiger charge is -2.15. The second kappa shape index (κ2) is 6.74. The number of rotatable bonds is 6. The molecule has 3 heteroatoms. The third kappa shape index (κ3) is 4.72. The Hall–Kier alpha value is -1.77. The Morgan fingerprint density at radius 1 is 1.35 bits per heavy atom. The molecule has 0 amide bonds. The summed E-state index contributed by atoms with van der Waals surface area (Å²) in [6.45, 7) is 4.29. The molecule has 1 unspecified atom stereocenters. The molecule has 0 aliphatic heterocycles. The van der Waals surface area contributed by atoms with Gasteiger partial charge < -0.3 is 10.4 Å². The van der Waals surface area contributed by atoms with Gasteiger partial charge >= 0.3 is 5.97 Å². The van der Waals surface area contributed by atoms with E-state index in [9.17, 15) is 4.79 Å². The minimum Gasteiger partial charge on any atom is -0.481 e. The van der Waals surface area contributed by atoms with Gasteiger partial charge in [0.2, 0.25) is 0 Å². The number of hydrogen-bond acceptors (Lipinski definition) is 2. The van der Waals surface area contributed by atoms with Crippen molar-refractivity contribution in [3.05, 3.63) is 42.1 Å². The van der Waals surface area contributed by atoms with Gasteiger partial charge in [0, 0.05) is 6.54 Å². The van der Waals surface area contributed by atoms with Crippen molar-refractivity contribution >= 4 is 12.0 Å². The smallest absolute Gasteiger partial charge is 0.308 e. The molecule has 0 bridgehead atoms. The van der Waals surface area contributed by atoms with Crippen LogP contribution in [0.5, 0.6) is 0 Å². The summed E-state index contributed by atoms with van der Waals surface area (Å²) in [5, 5.41) is 12.0. The molecule has 0 aliphatic carbocycles. The van der Waals surface area contributed by atoms with E-state index in [4.69, 9.17) is 5.11 Å². The lowest BCUT2D eigenvalue weighted by molar-refractivity contribution is -0.142. The van der Waals surface area contributed by atoms with E-state index in [2.05, 4.69) is 5.32 Å². The Kier molecular flexibility index (Phi) is 5.27. The zero-order chi connectivity index (χ0) is 12.7. The van der Waals surface area contributed by atoms with Gasteiger partial charge in [-0.25, -0.2) is 0 Å². The van der Waals surface area contributed by atoms with Gasteiger partial charge in [0.15, 0.2) is 0 Å². The lowest BCUT2D eigenvalue weighted by atomic mass is 9.96. The van der Waals surface area contributed by atoms with E-state index in [1.807, 2.05) is 50.3 Å². The van der Waals surface area contributed by atoms with Crippen molar-refractivity contribution in [2.75, 3.05) is 6.54 Å². The van der Waals surface area contributed by atoms with E-state index in [1.165, 1.54) is 0 Å². The van der Waals surface area contributed by atoms with Crippen LogP contribution in [-0.2, 0) is 4.79 Å². The summed E-state index contributed by atoms with van der Waals surface area (Å²) in [5.74, 6) is -0.971. The average Bonchev–Trinajstić information content (AvgIpc) is 2.29. The molecule has 92 valence electrons. The highest BCUT2D eigenvalue weighted by Crippen LogP contribution is 2.09. The van der Waals surface area contributed by atoms with E-state index in [-0.39, 0.29) is 11.8 Å².